The Balaban J connectivity index is 2.56. The van der Waals surface area contributed by atoms with Crippen LogP contribution in [-0.2, 0) is 11.6 Å². The highest BCUT2D eigenvalue weighted by molar-refractivity contribution is 6.02. The molecular formula is C24H29F3N2O5. The Morgan fingerprint density at radius 2 is 1.65 bits per heavy atom. The first-order chi connectivity index (χ1) is 15.7. The summed E-state index contributed by atoms with van der Waals surface area (Å²) in [6.45, 7) is 9.31. The second-order valence-electron chi connectivity index (χ2n) is 8.66. The molecule has 0 radical (unpaired) electrons. The highest BCUT2D eigenvalue weighted by Crippen LogP contribution is 2.43. The van der Waals surface area contributed by atoms with Crippen molar-refractivity contribution >= 4 is 17.4 Å². The van der Waals surface area contributed by atoms with Crippen molar-refractivity contribution in [3.8, 4) is 11.5 Å². The number of phenols is 1. The van der Waals surface area contributed by atoms with Crippen LogP contribution < -0.4 is 9.64 Å². The van der Waals surface area contributed by atoms with Gasteiger partial charge in [0.15, 0.2) is 0 Å². The number of carboxylic acids is 1. The maximum absolute atomic E-state index is 14.2. The molecule has 2 aromatic carbocycles. The van der Waals surface area contributed by atoms with Crippen molar-refractivity contribution in [1.82, 2.24) is 0 Å². The first-order valence-electron chi connectivity index (χ1n) is 10.7. The van der Waals surface area contributed by atoms with Gasteiger partial charge in [-0.15, -0.1) is 0 Å². The van der Waals surface area contributed by atoms with Crippen molar-refractivity contribution in [2.45, 2.75) is 46.2 Å². The third-order valence-electron chi connectivity index (χ3n) is 5.33. The number of nitrogens with zero attached hydrogens (tertiary/aromatic N) is 2. The van der Waals surface area contributed by atoms with Gasteiger partial charge in [0.25, 0.3) is 0 Å². The van der Waals surface area contributed by atoms with Crippen LogP contribution in [0, 0.1) is 0 Å². The van der Waals surface area contributed by atoms with E-state index in [0.29, 0.717) is 18.7 Å². The Hall–Kier alpha value is -3.43. The van der Waals surface area contributed by atoms with Crippen molar-refractivity contribution in [2.24, 2.45) is 5.16 Å². The fraction of sp³-hybridized carbons (Fsp3) is 0.417. The number of carbonyl (C=O) groups is 1. The van der Waals surface area contributed by atoms with Crippen LogP contribution in [0.25, 0.3) is 0 Å². The normalized spacial score (nSPS) is 12.5. The van der Waals surface area contributed by atoms with E-state index in [1.165, 1.54) is 6.07 Å². The number of rotatable bonds is 8. The van der Waals surface area contributed by atoms with Gasteiger partial charge in [0, 0.05) is 24.7 Å². The standard InChI is InChI=1S/C24H29F3N2O5/c1-6-29(7-2)21-17(23(3,4)5)10-14(11-18(21)24(25,26)27)19(28-33)13-34-15-8-9-16(22(31)32)20(30)12-15/h8-12,30,33H,6-7,13H2,1-5H3,(H,31,32)/b28-19-. The average molecular weight is 482 g/mol. The zero-order valence-electron chi connectivity index (χ0n) is 19.7. The summed E-state index contributed by atoms with van der Waals surface area (Å²) in [5, 5.41) is 31.5. The van der Waals surface area contributed by atoms with Crippen LogP contribution >= 0.6 is 0 Å². The SMILES string of the molecule is CCN(CC)c1c(C(C)(C)C)cc(/C(COc2ccc(C(=O)O)c(O)c2)=N\O)cc1C(F)(F)F. The summed E-state index contributed by atoms with van der Waals surface area (Å²) in [6.07, 6.45) is -4.66. The van der Waals surface area contributed by atoms with E-state index < -0.39 is 35.5 Å². The number of anilines is 1. The van der Waals surface area contributed by atoms with Crippen molar-refractivity contribution in [2.75, 3.05) is 24.6 Å². The quantitative estimate of drug-likeness (QED) is 0.261. The molecular weight excluding hydrogens is 453 g/mol. The summed E-state index contributed by atoms with van der Waals surface area (Å²) in [4.78, 5) is 12.7. The van der Waals surface area contributed by atoms with E-state index in [1.54, 1.807) is 45.6 Å². The molecule has 0 bridgehead atoms. The lowest BCUT2D eigenvalue weighted by molar-refractivity contribution is -0.137. The van der Waals surface area contributed by atoms with Crippen LogP contribution in [0.1, 0.15) is 61.7 Å². The van der Waals surface area contributed by atoms with Gasteiger partial charge in [-0.3, -0.25) is 0 Å². The largest absolute Gasteiger partial charge is 0.507 e. The molecule has 0 saturated heterocycles. The number of halogens is 3. The molecule has 2 rings (SSSR count). The average Bonchev–Trinajstić information content (AvgIpc) is 2.73. The number of hydrogen-bond acceptors (Lipinski definition) is 6. The predicted molar refractivity (Wildman–Crippen MR) is 123 cm³/mol. The summed E-state index contributed by atoms with van der Waals surface area (Å²) in [6, 6.07) is 5.97. The van der Waals surface area contributed by atoms with Crippen molar-refractivity contribution in [1.29, 1.82) is 0 Å². The zero-order chi connectivity index (χ0) is 25.8. The lowest BCUT2D eigenvalue weighted by Crippen LogP contribution is -2.30. The van der Waals surface area contributed by atoms with E-state index >= 15 is 0 Å². The second-order valence-corrected chi connectivity index (χ2v) is 8.66. The molecule has 0 aromatic heterocycles. The molecule has 0 aliphatic heterocycles. The summed E-state index contributed by atoms with van der Waals surface area (Å²) in [7, 11) is 0. The minimum Gasteiger partial charge on any atom is -0.507 e. The molecule has 0 fully saturated rings. The van der Waals surface area contributed by atoms with E-state index in [4.69, 9.17) is 9.84 Å². The number of aromatic carboxylic acids is 1. The molecule has 10 heteroatoms. The molecule has 0 heterocycles. The van der Waals surface area contributed by atoms with Gasteiger partial charge >= 0.3 is 12.1 Å². The topological polar surface area (TPSA) is 103 Å². The van der Waals surface area contributed by atoms with Crippen LogP contribution in [0.2, 0.25) is 0 Å². The van der Waals surface area contributed by atoms with Gasteiger partial charge in [-0.1, -0.05) is 25.9 Å². The van der Waals surface area contributed by atoms with Gasteiger partial charge in [-0.2, -0.15) is 13.2 Å². The first-order valence-corrected chi connectivity index (χ1v) is 10.7. The molecule has 0 saturated carbocycles. The van der Waals surface area contributed by atoms with Crippen LogP contribution in [0.5, 0.6) is 11.5 Å². The van der Waals surface area contributed by atoms with Crippen LogP contribution in [0.15, 0.2) is 35.5 Å². The lowest BCUT2D eigenvalue weighted by Gasteiger charge is -2.33. The highest BCUT2D eigenvalue weighted by atomic mass is 19.4. The minimum atomic E-state index is -4.66. The molecule has 34 heavy (non-hydrogen) atoms. The van der Waals surface area contributed by atoms with E-state index in [2.05, 4.69) is 5.16 Å². The van der Waals surface area contributed by atoms with Crippen LogP contribution in [0.3, 0.4) is 0 Å². The van der Waals surface area contributed by atoms with E-state index in [9.17, 15) is 28.3 Å². The zero-order valence-corrected chi connectivity index (χ0v) is 19.7. The number of hydrogen-bond donors (Lipinski definition) is 3. The Bertz CT molecular complexity index is 1040. The third kappa shape index (κ3) is 5.92. The number of aromatic hydroxyl groups is 1. The van der Waals surface area contributed by atoms with Crippen molar-refractivity contribution < 1.29 is 38.1 Å². The number of carboxylic acid groups (broad SMARTS) is 1. The number of benzene rings is 2. The summed E-state index contributed by atoms with van der Waals surface area (Å²) in [5.41, 5.74) is -1.45. The molecule has 0 unspecified atom stereocenters. The summed E-state index contributed by atoms with van der Waals surface area (Å²) in [5.74, 6) is -1.81. The Morgan fingerprint density at radius 3 is 2.09 bits per heavy atom. The Morgan fingerprint density at radius 1 is 1.06 bits per heavy atom. The van der Waals surface area contributed by atoms with E-state index in [-0.39, 0.29) is 28.3 Å². The van der Waals surface area contributed by atoms with Crippen molar-refractivity contribution in [3.63, 3.8) is 0 Å². The lowest BCUT2D eigenvalue weighted by atomic mass is 9.82. The number of alkyl halides is 3. The molecule has 0 aliphatic carbocycles. The van der Waals surface area contributed by atoms with Gasteiger partial charge in [0.2, 0.25) is 0 Å². The first kappa shape index (κ1) is 26.8. The fourth-order valence-corrected chi connectivity index (χ4v) is 3.57. The summed E-state index contributed by atoms with van der Waals surface area (Å²) < 4.78 is 47.9. The van der Waals surface area contributed by atoms with Gasteiger partial charge in [-0.25, -0.2) is 4.79 Å². The maximum atomic E-state index is 14.2. The predicted octanol–water partition coefficient (Wildman–Crippen LogP) is 5.51. The monoisotopic (exact) mass is 482 g/mol. The molecule has 0 spiro atoms. The van der Waals surface area contributed by atoms with Gasteiger partial charge in [0.05, 0.1) is 11.3 Å². The highest BCUT2D eigenvalue weighted by Gasteiger charge is 2.38. The summed E-state index contributed by atoms with van der Waals surface area (Å²) >= 11 is 0. The molecule has 2 aromatic rings. The molecule has 0 amide bonds. The van der Waals surface area contributed by atoms with Crippen LogP contribution in [0.4, 0.5) is 18.9 Å². The molecule has 7 nitrogen and oxygen atoms in total. The molecule has 3 N–H and O–H groups in total. The van der Waals surface area contributed by atoms with Gasteiger partial charge in [-0.05, 0) is 49.1 Å². The Kier molecular flexibility index (Phi) is 8.07. The smallest absolute Gasteiger partial charge is 0.418 e. The van der Waals surface area contributed by atoms with Gasteiger partial charge < -0.3 is 25.1 Å². The van der Waals surface area contributed by atoms with Crippen molar-refractivity contribution in [3.05, 3.63) is 52.6 Å². The minimum absolute atomic E-state index is 0.0297. The fourth-order valence-electron chi connectivity index (χ4n) is 3.57. The van der Waals surface area contributed by atoms with Gasteiger partial charge in [0.1, 0.15) is 29.4 Å². The molecule has 0 aliphatic rings. The van der Waals surface area contributed by atoms with E-state index in [1.807, 2.05) is 0 Å². The molecule has 186 valence electrons. The second kappa shape index (κ2) is 10.2. The third-order valence-corrected chi connectivity index (χ3v) is 5.33. The van der Waals surface area contributed by atoms with Crippen LogP contribution in [-0.4, -0.2) is 46.8 Å². The van der Waals surface area contributed by atoms with E-state index in [0.717, 1.165) is 18.2 Å². The number of ether oxygens (including phenoxy) is 1. The number of oxime groups is 1. The maximum Gasteiger partial charge on any atom is 0.418 e. The molecule has 0 atom stereocenters. The Labute approximate surface area is 196 Å².